The molecule has 0 aromatic heterocycles. The predicted molar refractivity (Wildman–Crippen MR) is 284 cm³/mol. The third kappa shape index (κ3) is 50.3. The molecule has 0 aliphatic heterocycles. The number of hydrogen-bond acceptors (Lipinski definition) is 6. The lowest BCUT2D eigenvalue weighted by molar-refractivity contribution is -0.870. The minimum atomic E-state index is -4.60. The van der Waals surface area contributed by atoms with Gasteiger partial charge in [-0.15, -0.1) is 0 Å². The molecule has 8 nitrogen and oxygen atoms in total. The summed E-state index contributed by atoms with van der Waals surface area (Å²) in [6.45, 7) is 4.60. The van der Waals surface area contributed by atoms with Crippen LogP contribution < -0.4 is 10.2 Å². The van der Waals surface area contributed by atoms with Crippen molar-refractivity contribution in [2.75, 3.05) is 40.9 Å². The first-order chi connectivity index (χ1) is 32.0. The van der Waals surface area contributed by atoms with Crippen molar-refractivity contribution < 1.29 is 32.9 Å². The molecule has 0 radical (unpaired) electrons. The second-order valence-electron chi connectivity index (χ2n) is 20.3. The number of quaternary nitrogens is 1. The molecule has 66 heavy (non-hydrogen) atoms. The Balaban J connectivity index is 4.07. The van der Waals surface area contributed by atoms with Crippen molar-refractivity contribution in [3.63, 3.8) is 0 Å². The number of phosphoric ester groups is 1. The largest absolute Gasteiger partial charge is 0.756 e. The average Bonchev–Trinajstić information content (AvgIpc) is 3.28. The van der Waals surface area contributed by atoms with Gasteiger partial charge >= 0.3 is 0 Å². The van der Waals surface area contributed by atoms with Crippen LogP contribution in [0.2, 0.25) is 0 Å². The van der Waals surface area contributed by atoms with Crippen molar-refractivity contribution in [1.29, 1.82) is 0 Å². The number of phosphoric acid groups is 1. The van der Waals surface area contributed by atoms with E-state index in [1.54, 1.807) is 6.08 Å². The Morgan fingerprint density at radius 1 is 0.515 bits per heavy atom. The van der Waals surface area contributed by atoms with Crippen LogP contribution in [0.1, 0.15) is 258 Å². The van der Waals surface area contributed by atoms with Gasteiger partial charge in [-0.05, 0) is 70.6 Å². The van der Waals surface area contributed by atoms with Gasteiger partial charge in [-0.2, -0.15) is 0 Å². The molecule has 0 aromatic rings. The van der Waals surface area contributed by atoms with E-state index >= 15 is 0 Å². The standard InChI is InChI=1S/C57H109N2O6P/c1-6-8-10-12-14-16-18-20-21-22-23-24-25-26-27-28-29-30-31-32-33-34-35-36-37-39-41-43-45-47-49-51-57(61)58-55(54-65-66(62,63)64-53-52-59(3,4)5)56(60)50-48-46-44-42-40-38-19-17-15-13-11-9-7-2/h15,17,26-27,40,42,48,50,55-56,60H,6-14,16,18-25,28-39,41,43-47,49,51-54H2,1-5H3,(H-,58,61,62,63)/b17-15+,27-26-,42-40+,50-48+. The molecule has 0 heterocycles. The Morgan fingerprint density at radius 3 is 1.26 bits per heavy atom. The minimum Gasteiger partial charge on any atom is -0.756 e. The fraction of sp³-hybridized carbons (Fsp3) is 0.842. The van der Waals surface area contributed by atoms with Crippen molar-refractivity contribution >= 4 is 13.7 Å². The van der Waals surface area contributed by atoms with Crippen molar-refractivity contribution in [3.8, 4) is 0 Å². The lowest BCUT2D eigenvalue weighted by Gasteiger charge is -2.29. The summed E-state index contributed by atoms with van der Waals surface area (Å²) >= 11 is 0. The first-order valence-electron chi connectivity index (χ1n) is 28.0. The van der Waals surface area contributed by atoms with Gasteiger partial charge in [0.1, 0.15) is 13.2 Å². The van der Waals surface area contributed by atoms with Crippen LogP contribution in [0.4, 0.5) is 0 Å². The number of nitrogens with one attached hydrogen (secondary N) is 1. The number of unbranched alkanes of at least 4 members (excludes halogenated alkanes) is 32. The van der Waals surface area contributed by atoms with Gasteiger partial charge in [-0.25, -0.2) is 0 Å². The first kappa shape index (κ1) is 64.5. The molecule has 3 atom stereocenters. The van der Waals surface area contributed by atoms with Gasteiger partial charge in [0.2, 0.25) is 5.91 Å². The fourth-order valence-electron chi connectivity index (χ4n) is 8.06. The second kappa shape index (κ2) is 48.5. The molecule has 2 N–H and O–H groups in total. The molecule has 0 fully saturated rings. The van der Waals surface area contributed by atoms with Crippen molar-refractivity contribution in [2.45, 2.75) is 270 Å². The number of nitrogens with zero attached hydrogens (tertiary/aromatic N) is 1. The number of rotatable bonds is 51. The zero-order chi connectivity index (χ0) is 48.5. The van der Waals surface area contributed by atoms with Crippen LogP contribution in [0, 0.1) is 0 Å². The number of amides is 1. The maximum Gasteiger partial charge on any atom is 0.268 e. The molecule has 0 saturated carbocycles. The molecule has 0 saturated heterocycles. The van der Waals surface area contributed by atoms with E-state index in [0.29, 0.717) is 17.4 Å². The predicted octanol–water partition coefficient (Wildman–Crippen LogP) is 16.1. The summed E-state index contributed by atoms with van der Waals surface area (Å²) in [5.41, 5.74) is 0. The minimum absolute atomic E-state index is 0.00914. The zero-order valence-electron chi connectivity index (χ0n) is 44.1. The molecule has 0 aliphatic carbocycles. The maximum atomic E-state index is 12.9. The van der Waals surface area contributed by atoms with E-state index in [-0.39, 0.29) is 12.5 Å². The molecule has 388 valence electrons. The Bertz CT molecular complexity index is 1210. The monoisotopic (exact) mass is 949 g/mol. The van der Waals surface area contributed by atoms with Gasteiger partial charge < -0.3 is 28.8 Å². The highest BCUT2D eigenvalue weighted by atomic mass is 31.2. The van der Waals surface area contributed by atoms with Crippen LogP contribution in [0.5, 0.6) is 0 Å². The summed E-state index contributed by atoms with van der Waals surface area (Å²) in [4.78, 5) is 25.4. The van der Waals surface area contributed by atoms with Crippen LogP contribution in [-0.2, 0) is 18.4 Å². The lowest BCUT2D eigenvalue weighted by Crippen LogP contribution is -2.45. The highest BCUT2D eigenvalue weighted by Gasteiger charge is 2.23. The van der Waals surface area contributed by atoms with E-state index in [1.165, 1.54) is 186 Å². The normalized spacial score (nSPS) is 14.3. The summed E-state index contributed by atoms with van der Waals surface area (Å²) in [5.74, 6) is -0.211. The molecule has 9 heteroatoms. The Hall–Kier alpha value is -1.54. The van der Waals surface area contributed by atoms with Crippen LogP contribution in [0.3, 0.4) is 0 Å². The molecule has 0 aliphatic rings. The molecule has 0 spiro atoms. The number of allylic oxidation sites excluding steroid dienone is 7. The number of aliphatic hydroxyl groups is 1. The van der Waals surface area contributed by atoms with E-state index in [0.717, 1.165) is 51.4 Å². The van der Waals surface area contributed by atoms with Crippen LogP contribution >= 0.6 is 7.82 Å². The smallest absolute Gasteiger partial charge is 0.268 e. The van der Waals surface area contributed by atoms with E-state index in [1.807, 2.05) is 27.2 Å². The summed E-state index contributed by atoms with van der Waals surface area (Å²) in [5, 5.41) is 13.8. The Morgan fingerprint density at radius 2 is 0.848 bits per heavy atom. The summed E-state index contributed by atoms with van der Waals surface area (Å²) in [6.07, 6.45) is 63.5. The van der Waals surface area contributed by atoms with E-state index in [9.17, 15) is 19.4 Å². The molecular formula is C57H109N2O6P. The molecular weight excluding hydrogens is 840 g/mol. The van der Waals surface area contributed by atoms with E-state index < -0.39 is 26.6 Å². The average molecular weight is 949 g/mol. The first-order valence-corrected chi connectivity index (χ1v) is 29.5. The van der Waals surface area contributed by atoms with Crippen LogP contribution in [0.15, 0.2) is 48.6 Å². The fourth-order valence-corrected chi connectivity index (χ4v) is 8.79. The summed E-state index contributed by atoms with van der Waals surface area (Å²) in [6, 6.07) is -0.909. The number of carbonyl (C=O) groups excluding carboxylic acids is 1. The second-order valence-corrected chi connectivity index (χ2v) is 21.7. The van der Waals surface area contributed by atoms with Crippen molar-refractivity contribution in [1.82, 2.24) is 5.32 Å². The molecule has 3 unspecified atom stereocenters. The Labute approximate surface area is 409 Å². The van der Waals surface area contributed by atoms with E-state index in [4.69, 9.17) is 9.05 Å². The van der Waals surface area contributed by atoms with Gasteiger partial charge in [0, 0.05) is 6.42 Å². The SMILES string of the molecule is CCCCC/C=C/CC/C=C/CC/C=C/C(O)C(COP(=O)([O-])OCC[N+](C)(C)C)NC(=O)CCCCCCCCCCCCCCCCC/C=C\CCCCCCCCCCCCCC. The maximum absolute atomic E-state index is 12.9. The number of hydrogen-bond donors (Lipinski definition) is 2. The quantitative estimate of drug-likeness (QED) is 0.0272. The third-order valence-corrected chi connectivity index (χ3v) is 13.5. The van der Waals surface area contributed by atoms with Gasteiger partial charge in [0.05, 0.1) is 39.9 Å². The molecule has 1 amide bonds. The zero-order valence-corrected chi connectivity index (χ0v) is 45.0. The van der Waals surface area contributed by atoms with E-state index in [2.05, 4.69) is 55.6 Å². The van der Waals surface area contributed by atoms with Gasteiger partial charge in [-0.3, -0.25) is 9.36 Å². The number of likely N-dealkylation sites (N-methyl/N-ethyl adjacent to an activating group) is 1. The summed E-state index contributed by atoms with van der Waals surface area (Å²) < 4.78 is 23.2. The van der Waals surface area contributed by atoms with Crippen molar-refractivity contribution in [3.05, 3.63) is 48.6 Å². The summed E-state index contributed by atoms with van der Waals surface area (Å²) in [7, 11) is 1.24. The third-order valence-electron chi connectivity index (χ3n) is 12.5. The Kier molecular flexibility index (Phi) is 47.4. The van der Waals surface area contributed by atoms with Gasteiger partial charge in [0.25, 0.3) is 7.82 Å². The number of aliphatic hydroxyl groups excluding tert-OH is 1. The lowest BCUT2D eigenvalue weighted by atomic mass is 10.0. The molecule has 0 bridgehead atoms. The van der Waals surface area contributed by atoms with Gasteiger partial charge in [-0.1, -0.05) is 229 Å². The van der Waals surface area contributed by atoms with Crippen LogP contribution in [-0.4, -0.2) is 68.5 Å². The number of carbonyl (C=O) groups is 1. The highest BCUT2D eigenvalue weighted by Crippen LogP contribution is 2.38. The highest BCUT2D eigenvalue weighted by molar-refractivity contribution is 7.45. The van der Waals surface area contributed by atoms with Crippen molar-refractivity contribution in [2.24, 2.45) is 0 Å². The topological polar surface area (TPSA) is 108 Å². The molecule has 0 aromatic carbocycles. The van der Waals surface area contributed by atoms with Gasteiger partial charge in [0.15, 0.2) is 0 Å². The molecule has 0 rings (SSSR count). The van der Waals surface area contributed by atoms with Crippen LogP contribution in [0.25, 0.3) is 0 Å².